The minimum absolute atomic E-state index is 0.235. The van der Waals surface area contributed by atoms with Crippen LogP contribution < -0.4 is 16.6 Å². The van der Waals surface area contributed by atoms with Gasteiger partial charge in [-0.1, -0.05) is 6.07 Å². The van der Waals surface area contributed by atoms with E-state index in [0.717, 1.165) is 6.07 Å². The average molecular weight is 201 g/mol. The number of aryl methyl sites for hydroxylation is 1. The number of amides is 2. The fourth-order valence-electron chi connectivity index (χ4n) is 0.921. The minimum Gasteiger partial charge on any atom is -0.302 e. The van der Waals surface area contributed by atoms with Crippen molar-refractivity contribution in [3.63, 3.8) is 0 Å². The summed E-state index contributed by atoms with van der Waals surface area (Å²) in [5, 5.41) is 1.94. The van der Waals surface area contributed by atoms with Crippen LogP contribution in [0.1, 0.15) is 5.56 Å². The van der Waals surface area contributed by atoms with E-state index >= 15 is 0 Å². The molecule has 0 heterocycles. The zero-order chi connectivity index (χ0) is 10.7. The number of nitrogens with two attached hydrogens (primary N) is 1. The van der Waals surface area contributed by atoms with Crippen molar-refractivity contribution in [3.05, 3.63) is 29.3 Å². The first kappa shape index (κ1) is 10.4. The Balaban J connectivity index is 3.06. The van der Waals surface area contributed by atoms with Gasteiger partial charge >= 0.3 is 6.03 Å². The van der Waals surface area contributed by atoms with Gasteiger partial charge in [-0.05, 0) is 18.6 Å². The summed E-state index contributed by atoms with van der Waals surface area (Å²) in [4.78, 5) is 10.7. The monoisotopic (exact) mass is 201 g/mol. The first-order valence-electron chi connectivity index (χ1n) is 3.78. The topological polar surface area (TPSA) is 67.2 Å². The molecule has 0 unspecified atom stereocenters. The van der Waals surface area contributed by atoms with Crippen molar-refractivity contribution in [2.75, 3.05) is 5.32 Å². The highest BCUT2D eigenvalue weighted by atomic mass is 19.1. The summed E-state index contributed by atoms with van der Waals surface area (Å²) in [5.41, 5.74) is 1.43. The summed E-state index contributed by atoms with van der Waals surface area (Å²) in [5.74, 6) is 3.09. The predicted molar refractivity (Wildman–Crippen MR) is 47.4 cm³/mol. The second-order valence-electron chi connectivity index (χ2n) is 2.65. The molecule has 0 aromatic heterocycles. The highest BCUT2D eigenvalue weighted by molar-refractivity contribution is 5.89. The van der Waals surface area contributed by atoms with Gasteiger partial charge in [-0.3, -0.25) is 5.43 Å². The molecule has 0 saturated carbocycles. The maximum atomic E-state index is 13.2. The van der Waals surface area contributed by atoms with Gasteiger partial charge in [-0.2, -0.15) is 0 Å². The van der Waals surface area contributed by atoms with E-state index in [1.165, 1.54) is 13.0 Å². The van der Waals surface area contributed by atoms with Crippen LogP contribution in [0.2, 0.25) is 0 Å². The summed E-state index contributed by atoms with van der Waals surface area (Å²) in [6.45, 7) is 1.46. The van der Waals surface area contributed by atoms with Crippen molar-refractivity contribution in [1.82, 2.24) is 5.43 Å². The van der Waals surface area contributed by atoms with Gasteiger partial charge in [0.25, 0.3) is 0 Å². The van der Waals surface area contributed by atoms with Crippen molar-refractivity contribution in [2.45, 2.75) is 6.92 Å². The molecule has 0 radical (unpaired) electrons. The van der Waals surface area contributed by atoms with E-state index in [1.54, 1.807) is 5.43 Å². The number of nitrogens with one attached hydrogen (secondary N) is 2. The number of urea groups is 1. The smallest absolute Gasteiger partial charge is 0.302 e. The van der Waals surface area contributed by atoms with E-state index in [-0.39, 0.29) is 5.56 Å². The van der Waals surface area contributed by atoms with Gasteiger partial charge in [0, 0.05) is 0 Å². The van der Waals surface area contributed by atoms with E-state index < -0.39 is 23.4 Å². The number of hydrogen-bond donors (Lipinski definition) is 3. The lowest BCUT2D eigenvalue weighted by atomic mass is 10.2. The fourth-order valence-corrected chi connectivity index (χ4v) is 0.921. The van der Waals surface area contributed by atoms with Crippen molar-refractivity contribution in [3.8, 4) is 0 Å². The number of carbonyl (C=O) groups excluding carboxylic acids is 1. The normalized spacial score (nSPS) is 9.71. The second-order valence-corrected chi connectivity index (χ2v) is 2.65. The maximum Gasteiger partial charge on any atom is 0.333 e. The number of rotatable bonds is 1. The first-order valence-corrected chi connectivity index (χ1v) is 3.78. The van der Waals surface area contributed by atoms with Crippen molar-refractivity contribution in [2.24, 2.45) is 5.84 Å². The molecule has 0 spiro atoms. The standard InChI is InChI=1S/C8H9F2N3O/c1-4-2-3-5(9)7(6(4)10)12-8(14)13-11/h2-3H,11H2,1H3,(H2,12,13,14). The molecule has 0 atom stereocenters. The third-order valence-electron chi connectivity index (χ3n) is 1.65. The molecule has 0 aliphatic carbocycles. The second kappa shape index (κ2) is 4.01. The third-order valence-corrected chi connectivity index (χ3v) is 1.65. The molecule has 4 N–H and O–H groups in total. The third kappa shape index (κ3) is 1.97. The SMILES string of the molecule is Cc1ccc(F)c(NC(=O)NN)c1F. The van der Waals surface area contributed by atoms with Crippen LogP contribution in [0.5, 0.6) is 0 Å². The van der Waals surface area contributed by atoms with Crippen LogP contribution in [0.15, 0.2) is 12.1 Å². The van der Waals surface area contributed by atoms with Crippen LogP contribution in [0, 0.1) is 18.6 Å². The van der Waals surface area contributed by atoms with Crippen LogP contribution in [0.4, 0.5) is 19.3 Å². The average Bonchev–Trinajstić information content (AvgIpc) is 2.18. The molecule has 76 valence electrons. The van der Waals surface area contributed by atoms with Gasteiger partial charge in [-0.15, -0.1) is 0 Å². The van der Waals surface area contributed by atoms with Gasteiger partial charge in [0.2, 0.25) is 0 Å². The van der Waals surface area contributed by atoms with Gasteiger partial charge in [0.05, 0.1) is 0 Å². The van der Waals surface area contributed by atoms with Crippen LogP contribution >= 0.6 is 0 Å². The Morgan fingerprint density at radius 2 is 2.07 bits per heavy atom. The molecule has 14 heavy (non-hydrogen) atoms. The Hall–Kier alpha value is -1.69. The van der Waals surface area contributed by atoms with Crippen LogP contribution in [-0.4, -0.2) is 6.03 Å². The van der Waals surface area contributed by atoms with E-state index in [4.69, 9.17) is 5.84 Å². The van der Waals surface area contributed by atoms with Gasteiger partial charge in [0.15, 0.2) is 5.82 Å². The molecule has 2 amide bonds. The van der Waals surface area contributed by atoms with Gasteiger partial charge < -0.3 is 5.32 Å². The Bertz CT molecular complexity index is 368. The van der Waals surface area contributed by atoms with Gasteiger partial charge in [-0.25, -0.2) is 19.4 Å². The number of carbonyl (C=O) groups is 1. The van der Waals surface area contributed by atoms with Crippen molar-refractivity contribution < 1.29 is 13.6 Å². The Labute approximate surface area is 79.1 Å². The summed E-state index contributed by atoms with van der Waals surface area (Å²) in [6.07, 6.45) is 0. The maximum absolute atomic E-state index is 13.2. The number of hydrazine groups is 1. The first-order chi connectivity index (χ1) is 6.56. The molecular formula is C8H9F2N3O. The largest absolute Gasteiger partial charge is 0.333 e. The highest BCUT2D eigenvalue weighted by Crippen LogP contribution is 2.21. The van der Waals surface area contributed by atoms with E-state index in [0.29, 0.717) is 0 Å². The molecule has 0 bridgehead atoms. The van der Waals surface area contributed by atoms with Crippen LogP contribution in [-0.2, 0) is 0 Å². The van der Waals surface area contributed by atoms with E-state index in [9.17, 15) is 13.6 Å². The number of hydrogen-bond acceptors (Lipinski definition) is 2. The number of benzene rings is 1. The van der Waals surface area contributed by atoms with Gasteiger partial charge in [0.1, 0.15) is 11.5 Å². The zero-order valence-electron chi connectivity index (χ0n) is 7.40. The van der Waals surface area contributed by atoms with Crippen molar-refractivity contribution >= 4 is 11.7 Å². The summed E-state index contributed by atoms with van der Waals surface area (Å²) in [6, 6.07) is 1.45. The lowest BCUT2D eigenvalue weighted by molar-refractivity contribution is 0.252. The number of halogens is 2. The molecule has 4 nitrogen and oxygen atoms in total. The molecule has 0 aliphatic heterocycles. The quantitative estimate of drug-likeness (QED) is 0.364. The molecule has 1 aromatic carbocycles. The minimum atomic E-state index is -0.881. The molecule has 0 saturated heterocycles. The Kier molecular flexibility index (Phi) is 2.98. The van der Waals surface area contributed by atoms with Crippen molar-refractivity contribution in [1.29, 1.82) is 0 Å². The molecule has 0 aliphatic rings. The lowest BCUT2D eigenvalue weighted by Gasteiger charge is -2.08. The Morgan fingerprint density at radius 1 is 1.43 bits per heavy atom. The van der Waals surface area contributed by atoms with E-state index in [2.05, 4.69) is 0 Å². The summed E-state index contributed by atoms with van der Waals surface area (Å²) >= 11 is 0. The summed E-state index contributed by atoms with van der Waals surface area (Å²) < 4.78 is 26.2. The molecular weight excluding hydrogens is 192 g/mol. The lowest BCUT2D eigenvalue weighted by Crippen LogP contribution is -2.34. The molecule has 1 aromatic rings. The fraction of sp³-hybridized carbons (Fsp3) is 0.125. The summed E-state index contributed by atoms with van der Waals surface area (Å²) in [7, 11) is 0. The molecule has 1 rings (SSSR count). The highest BCUT2D eigenvalue weighted by Gasteiger charge is 2.13. The molecule has 0 fully saturated rings. The van der Waals surface area contributed by atoms with Crippen LogP contribution in [0.25, 0.3) is 0 Å². The Morgan fingerprint density at radius 3 is 2.64 bits per heavy atom. The number of anilines is 1. The molecule has 6 heteroatoms. The zero-order valence-corrected chi connectivity index (χ0v) is 7.40. The van der Waals surface area contributed by atoms with E-state index in [1.807, 2.05) is 5.32 Å². The van der Waals surface area contributed by atoms with Crippen LogP contribution in [0.3, 0.4) is 0 Å². The predicted octanol–water partition coefficient (Wildman–Crippen LogP) is 1.27.